The molecule has 2 N–H and O–H groups in total. The van der Waals surface area contributed by atoms with Gasteiger partial charge in [-0.1, -0.05) is 12.1 Å². The maximum Gasteiger partial charge on any atom is 0.416 e. The van der Waals surface area contributed by atoms with E-state index in [0.717, 1.165) is 12.1 Å². The second-order valence-corrected chi connectivity index (χ2v) is 6.48. The Labute approximate surface area is 171 Å². The van der Waals surface area contributed by atoms with Gasteiger partial charge >= 0.3 is 6.18 Å². The van der Waals surface area contributed by atoms with E-state index in [9.17, 15) is 18.0 Å². The van der Waals surface area contributed by atoms with Gasteiger partial charge in [0.05, 0.1) is 31.0 Å². The Hall–Kier alpha value is -3.42. The first-order chi connectivity index (χ1) is 14.3. The molecule has 0 aliphatic rings. The molecular weight excluding hydrogens is 397 g/mol. The van der Waals surface area contributed by atoms with Crippen molar-refractivity contribution >= 4 is 5.91 Å². The number of nitrogens with one attached hydrogen (secondary N) is 2. The first kappa shape index (κ1) is 21.3. The number of carbonyl (C=O) groups excluding carboxylic acids is 1. The Bertz CT molecular complexity index is 1040. The summed E-state index contributed by atoms with van der Waals surface area (Å²) < 4.78 is 49.1. The van der Waals surface area contributed by atoms with Crippen LogP contribution in [0.15, 0.2) is 48.5 Å². The molecule has 3 rings (SSSR count). The molecule has 0 saturated carbocycles. The number of halogens is 3. The van der Waals surface area contributed by atoms with Crippen molar-refractivity contribution in [3.05, 3.63) is 59.7 Å². The molecule has 0 bridgehead atoms. The number of ether oxygens (including phenoxy) is 2. The number of alkyl halides is 3. The van der Waals surface area contributed by atoms with Crippen molar-refractivity contribution in [2.45, 2.75) is 13.1 Å². The zero-order valence-electron chi connectivity index (χ0n) is 16.7. The zero-order chi connectivity index (χ0) is 21.9. The summed E-state index contributed by atoms with van der Waals surface area (Å²) in [4.78, 5) is 15.8. The van der Waals surface area contributed by atoms with E-state index in [1.54, 1.807) is 31.2 Å². The molecule has 158 valence electrons. The van der Waals surface area contributed by atoms with Gasteiger partial charge in [-0.25, -0.2) is 0 Å². The molecule has 1 heterocycles. The number of carbonyl (C=O) groups is 1. The summed E-state index contributed by atoms with van der Waals surface area (Å²) in [6.07, 6.45) is -4.41. The van der Waals surface area contributed by atoms with Crippen LogP contribution in [-0.4, -0.2) is 31.7 Å². The van der Waals surface area contributed by atoms with Crippen molar-refractivity contribution < 1.29 is 27.4 Å². The summed E-state index contributed by atoms with van der Waals surface area (Å²) in [5, 5.41) is 2.75. The van der Waals surface area contributed by atoms with Gasteiger partial charge < -0.3 is 19.8 Å². The quantitative estimate of drug-likeness (QED) is 0.583. The van der Waals surface area contributed by atoms with E-state index in [1.165, 1.54) is 26.4 Å². The molecule has 5 nitrogen and oxygen atoms in total. The highest BCUT2D eigenvalue weighted by atomic mass is 19.4. The van der Waals surface area contributed by atoms with E-state index in [4.69, 9.17) is 9.47 Å². The highest BCUT2D eigenvalue weighted by molar-refractivity contribution is 6.01. The number of methoxy groups -OCH3 is 2. The molecule has 0 aliphatic carbocycles. The molecule has 1 aromatic heterocycles. The second kappa shape index (κ2) is 8.52. The minimum Gasteiger partial charge on any atom is -0.493 e. The van der Waals surface area contributed by atoms with Crippen LogP contribution >= 0.6 is 0 Å². The summed E-state index contributed by atoms with van der Waals surface area (Å²) in [7, 11) is 3.03. The third kappa shape index (κ3) is 4.27. The van der Waals surface area contributed by atoms with Crippen LogP contribution in [0.3, 0.4) is 0 Å². The number of rotatable bonds is 6. The van der Waals surface area contributed by atoms with Gasteiger partial charge in [0, 0.05) is 17.8 Å². The lowest BCUT2D eigenvalue weighted by atomic mass is 10.1. The zero-order valence-corrected chi connectivity index (χ0v) is 16.7. The summed E-state index contributed by atoms with van der Waals surface area (Å²) >= 11 is 0. The van der Waals surface area contributed by atoms with E-state index in [0.29, 0.717) is 46.1 Å². The van der Waals surface area contributed by atoms with Crippen LogP contribution in [0.5, 0.6) is 11.5 Å². The van der Waals surface area contributed by atoms with Gasteiger partial charge in [-0.05, 0) is 48.9 Å². The molecular formula is C22H21F3N2O3. The van der Waals surface area contributed by atoms with Gasteiger partial charge in [0.15, 0.2) is 11.5 Å². The Balaban J connectivity index is 2.09. The summed E-state index contributed by atoms with van der Waals surface area (Å²) in [6.45, 7) is 2.24. The highest BCUT2D eigenvalue weighted by Crippen LogP contribution is 2.36. The fourth-order valence-corrected chi connectivity index (χ4v) is 3.10. The maximum atomic E-state index is 12.9. The van der Waals surface area contributed by atoms with Crippen molar-refractivity contribution in [1.82, 2.24) is 10.3 Å². The molecule has 2 aromatic carbocycles. The molecule has 1 amide bonds. The third-order valence-electron chi connectivity index (χ3n) is 4.60. The fraction of sp³-hybridized carbons (Fsp3) is 0.227. The lowest BCUT2D eigenvalue weighted by molar-refractivity contribution is -0.137. The van der Waals surface area contributed by atoms with Gasteiger partial charge in [-0.3, -0.25) is 4.79 Å². The predicted molar refractivity (Wildman–Crippen MR) is 108 cm³/mol. The maximum absolute atomic E-state index is 12.9. The van der Waals surface area contributed by atoms with Crippen molar-refractivity contribution in [3.8, 4) is 34.0 Å². The number of aromatic nitrogens is 1. The average Bonchev–Trinajstić information content (AvgIpc) is 3.18. The molecule has 0 aliphatic heterocycles. The predicted octanol–water partition coefficient (Wildman–Crippen LogP) is 5.13. The van der Waals surface area contributed by atoms with E-state index < -0.39 is 11.7 Å². The van der Waals surface area contributed by atoms with Crippen LogP contribution in [0, 0.1) is 0 Å². The third-order valence-corrected chi connectivity index (χ3v) is 4.60. The molecule has 8 heteroatoms. The number of hydrogen-bond donors (Lipinski definition) is 2. The lowest BCUT2D eigenvalue weighted by Crippen LogP contribution is -2.22. The van der Waals surface area contributed by atoms with Crippen LogP contribution in [-0.2, 0) is 6.18 Å². The number of benzene rings is 2. The fourth-order valence-electron chi connectivity index (χ4n) is 3.10. The molecule has 3 aromatic rings. The Morgan fingerprint density at radius 1 is 0.967 bits per heavy atom. The van der Waals surface area contributed by atoms with Crippen LogP contribution in [0.1, 0.15) is 22.8 Å². The molecule has 0 saturated heterocycles. The van der Waals surface area contributed by atoms with Crippen molar-refractivity contribution in [2.24, 2.45) is 0 Å². The second-order valence-electron chi connectivity index (χ2n) is 6.48. The number of H-pyrrole nitrogens is 1. The van der Waals surface area contributed by atoms with Crippen LogP contribution in [0.4, 0.5) is 13.2 Å². The van der Waals surface area contributed by atoms with E-state index in [-0.39, 0.29) is 5.91 Å². The van der Waals surface area contributed by atoms with Gasteiger partial charge in [0.25, 0.3) is 5.91 Å². The van der Waals surface area contributed by atoms with E-state index in [2.05, 4.69) is 10.3 Å². The van der Waals surface area contributed by atoms with Crippen LogP contribution in [0.2, 0.25) is 0 Å². The smallest absolute Gasteiger partial charge is 0.416 e. The molecule has 0 unspecified atom stereocenters. The van der Waals surface area contributed by atoms with Gasteiger partial charge in [0.2, 0.25) is 0 Å². The Morgan fingerprint density at radius 2 is 1.60 bits per heavy atom. The Kier molecular flexibility index (Phi) is 6.05. The van der Waals surface area contributed by atoms with Crippen molar-refractivity contribution in [3.63, 3.8) is 0 Å². The molecule has 30 heavy (non-hydrogen) atoms. The number of aromatic amines is 1. The monoisotopic (exact) mass is 418 g/mol. The molecule has 0 fully saturated rings. The first-order valence-corrected chi connectivity index (χ1v) is 9.19. The van der Waals surface area contributed by atoms with Gasteiger partial charge in [-0.2, -0.15) is 13.2 Å². The summed E-state index contributed by atoms with van der Waals surface area (Å²) in [5.41, 5.74) is 1.89. The summed E-state index contributed by atoms with van der Waals surface area (Å²) in [5.74, 6) is 0.731. The Morgan fingerprint density at radius 3 is 2.17 bits per heavy atom. The summed E-state index contributed by atoms with van der Waals surface area (Å²) in [6, 6.07) is 11.6. The minimum atomic E-state index is -4.41. The minimum absolute atomic E-state index is 0.295. The normalized spacial score (nSPS) is 11.3. The molecule has 0 radical (unpaired) electrons. The van der Waals surface area contributed by atoms with E-state index >= 15 is 0 Å². The number of amides is 1. The highest BCUT2D eigenvalue weighted by Gasteiger charge is 2.30. The van der Waals surface area contributed by atoms with Gasteiger partial charge in [-0.15, -0.1) is 0 Å². The number of hydrogen-bond acceptors (Lipinski definition) is 3. The average molecular weight is 418 g/mol. The van der Waals surface area contributed by atoms with Crippen molar-refractivity contribution in [1.29, 1.82) is 0 Å². The topological polar surface area (TPSA) is 63.4 Å². The van der Waals surface area contributed by atoms with Crippen molar-refractivity contribution in [2.75, 3.05) is 20.8 Å². The van der Waals surface area contributed by atoms with E-state index in [1.807, 2.05) is 0 Å². The molecule has 0 spiro atoms. The lowest BCUT2D eigenvalue weighted by Gasteiger charge is -2.10. The largest absolute Gasteiger partial charge is 0.493 e. The molecule has 0 atom stereocenters. The standard InChI is InChI=1S/C22H21F3N2O3/c1-4-26-21(28)16-12-17(13-5-8-15(9-6-13)22(23,24)25)27-20(16)14-7-10-18(29-2)19(11-14)30-3/h5-12,27H,4H2,1-3H3,(H,26,28). The SMILES string of the molecule is CCNC(=O)c1cc(-c2ccc(C(F)(F)F)cc2)[nH]c1-c1ccc(OC)c(OC)c1. The first-order valence-electron chi connectivity index (χ1n) is 9.19. The van der Waals surface area contributed by atoms with Gasteiger partial charge in [0.1, 0.15) is 0 Å². The van der Waals surface area contributed by atoms with Crippen LogP contribution < -0.4 is 14.8 Å². The van der Waals surface area contributed by atoms with Crippen LogP contribution in [0.25, 0.3) is 22.5 Å².